The molecule has 2 fully saturated rings. The zero-order valence-electron chi connectivity index (χ0n) is 13.5. The van der Waals surface area contributed by atoms with Crippen LogP contribution < -0.4 is 5.32 Å². The molecule has 1 amide bonds. The molecule has 5 nitrogen and oxygen atoms in total. The highest BCUT2D eigenvalue weighted by Gasteiger charge is 2.27. The second-order valence-electron chi connectivity index (χ2n) is 6.80. The van der Waals surface area contributed by atoms with Crippen molar-refractivity contribution in [2.45, 2.75) is 31.7 Å². The molecule has 24 heavy (non-hydrogen) atoms. The summed E-state index contributed by atoms with van der Waals surface area (Å²) >= 11 is 0. The van der Waals surface area contributed by atoms with Crippen molar-refractivity contribution in [1.29, 1.82) is 0 Å². The molecule has 0 atom stereocenters. The molecule has 1 aliphatic heterocycles. The van der Waals surface area contributed by atoms with Crippen LogP contribution >= 0.6 is 0 Å². The Hall–Kier alpha value is -2.08. The molecular formula is C18H21FN4O. The van der Waals surface area contributed by atoms with E-state index in [1.165, 1.54) is 37.4 Å². The van der Waals surface area contributed by atoms with Gasteiger partial charge in [0.05, 0.1) is 11.1 Å². The number of fused-ring (bicyclic) bond motifs is 1. The Labute approximate surface area is 140 Å². The highest BCUT2D eigenvalue weighted by atomic mass is 19.1. The van der Waals surface area contributed by atoms with Crippen LogP contribution in [0.2, 0.25) is 0 Å². The van der Waals surface area contributed by atoms with E-state index in [0.717, 1.165) is 25.3 Å². The molecule has 1 aliphatic carbocycles. The minimum Gasteiger partial charge on any atom is -0.338 e. The molecule has 2 heterocycles. The van der Waals surface area contributed by atoms with Gasteiger partial charge in [0.2, 0.25) is 0 Å². The van der Waals surface area contributed by atoms with E-state index in [2.05, 4.69) is 15.3 Å². The molecule has 1 N–H and O–H groups in total. The maximum atomic E-state index is 13.8. The molecule has 4 rings (SSSR count). The van der Waals surface area contributed by atoms with Crippen LogP contribution in [0, 0.1) is 11.7 Å². The first-order valence-corrected chi connectivity index (χ1v) is 8.63. The van der Waals surface area contributed by atoms with Gasteiger partial charge in [-0.05, 0) is 44.2 Å². The number of amides is 1. The number of piperidine rings is 1. The number of aromatic nitrogens is 2. The number of hydrogen-bond acceptors (Lipinski definition) is 4. The van der Waals surface area contributed by atoms with Crippen LogP contribution in [-0.2, 0) is 0 Å². The fourth-order valence-electron chi connectivity index (χ4n) is 3.32. The first-order valence-electron chi connectivity index (χ1n) is 8.63. The number of likely N-dealkylation sites (tertiary alicyclic amines) is 1. The number of halogens is 1. The molecule has 1 saturated heterocycles. The molecule has 1 saturated carbocycles. The van der Waals surface area contributed by atoms with Crippen LogP contribution in [-0.4, -0.2) is 46.5 Å². The van der Waals surface area contributed by atoms with Gasteiger partial charge in [-0.2, -0.15) is 0 Å². The van der Waals surface area contributed by atoms with Crippen molar-refractivity contribution in [3.8, 4) is 0 Å². The third-order valence-corrected chi connectivity index (χ3v) is 4.94. The summed E-state index contributed by atoms with van der Waals surface area (Å²) in [4.78, 5) is 22.9. The average Bonchev–Trinajstić information content (AvgIpc) is 3.43. The quantitative estimate of drug-likeness (QED) is 0.936. The van der Waals surface area contributed by atoms with Crippen molar-refractivity contribution in [1.82, 2.24) is 20.2 Å². The minimum atomic E-state index is -0.452. The number of carbonyl (C=O) groups excluding carboxylic acids is 1. The lowest BCUT2D eigenvalue weighted by atomic mass is 10.0. The summed E-state index contributed by atoms with van der Waals surface area (Å²) in [7, 11) is 0. The Kier molecular flexibility index (Phi) is 4.14. The Morgan fingerprint density at radius 3 is 2.67 bits per heavy atom. The van der Waals surface area contributed by atoms with Crippen LogP contribution in [0.3, 0.4) is 0 Å². The number of carbonyl (C=O) groups is 1. The van der Waals surface area contributed by atoms with Crippen molar-refractivity contribution in [3.63, 3.8) is 0 Å². The maximum Gasteiger partial charge on any atom is 0.256 e. The summed E-state index contributed by atoms with van der Waals surface area (Å²) in [6, 6.07) is 3.07. The van der Waals surface area contributed by atoms with Gasteiger partial charge >= 0.3 is 0 Å². The van der Waals surface area contributed by atoms with E-state index in [4.69, 9.17) is 0 Å². The van der Waals surface area contributed by atoms with Crippen molar-refractivity contribution >= 4 is 16.9 Å². The summed E-state index contributed by atoms with van der Waals surface area (Å²) in [5, 5.41) is 3.60. The van der Waals surface area contributed by atoms with Crippen LogP contribution in [0.4, 0.5) is 4.39 Å². The Bertz CT molecular complexity index is 754. The predicted octanol–water partition coefficient (Wildman–Crippen LogP) is 2.37. The monoisotopic (exact) mass is 328 g/mol. The Morgan fingerprint density at radius 2 is 1.92 bits per heavy atom. The highest BCUT2D eigenvalue weighted by Crippen LogP contribution is 2.28. The van der Waals surface area contributed by atoms with Gasteiger partial charge in [0.15, 0.2) is 0 Å². The standard InChI is InChI=1S/C18H21FN4O/c19-13-9-15(17-16(10-13)20-5-6-21-17)18(24)23-7-3-14(4-8-23)22-11-12-1-2-12/h5-6,9-10,12,14,22H,1-4,7-8,11H2. The second-order valence-corrected chi connectivity index (χ2v) is 6.80. The zero-order chi connectivity index (χ0) is 16.5. The fourth-order valence-corrected chi connectivity index (χ4v) is 3.32. The van der Waals surface area contributed by atoms with E-state index in [1.54, 1.807) is 4.90 Å². The topological polar surface area (TPSA) is 58.1 Å². The van der Waals surface area contributed by atoms with Gasteiger partial charge in [-0.15, -0.1) is 0 Å². The van der Waals surface area contributed by atoms with E-state index in [1.807, 2.05) is 0 Å². The smallest absolute Gasteiger partial charge is 0.256 e. The molecule has 0 unspecified atom stereocenters. The first-order chi connectivity index (χ1) is 11.7. The fraction of sp³-hybridized carbons (Fsp3) is 0.500. The summed E-state index contributed by atoms with van der Waals surface area (Å²) < 4.78 is 13.8. The largest absolute Gasteiger partial charge is 0.338 e. The summed E-state index contributed by atoms with van der Waals surface area (Å²) in [5.41, 5.74) is 1.20. The summed E-state index contributed by atoms with van der Waals surface area (Å²) in [5.74, 6) is 0.259. The average molecular weight is 328 g/mol. The van der Waals surface area contributed by atoms with Crippen molar-refractivity contribution in [2.75, 3.05) is 19.6 Å². The lowest BCUT2D eigenvalue weighted by Crippen LogP contribution is -2.45. The normalized spacial score (nSPS) is 19.0. The van der Waals surface area contributed by atoms with Gasteiger partial charge in [-0.1, -0.05) is 0 Å². The highest BCUT2D eigenvalue weighted by molar-refractivity contribution is 6.04. The molecule has 1 aromatic carbocycles. The maximum absolute atomic E-state index is 13.8. The van der Waals surface area contributed by atoms with Crippen molar-refractivity contribution < 1.29 is 9.18 Å². The second kappa shape index (κ2) is 6.43. The summed E-state index contributed by atoms with van der Waals surface area (Å²) in [6.45, 7) is 2.49. The van der Waals surface area contributed by atoms with Crippen LogP contribution in [0.5, 0.6) is 0 Å². The molecule has 0 spiro atoms. The first kappa shape index (κ1) is 15.4. The van der Waals surface area contributed by atoms with Crippen LogP contribution in [0.1, 0.15) is 36.0 Å². The number of hydrogen-bond donors (Lipinski definition) is 1. The van der Waals surface area contributed by atoms with E-state index in [0.29, 0.717) is 35.7 Å². The van der Waals surface area contributed by atoms with E-state index in [9.17, 15) is 9.18 Å². The van der Waals surface area contributed by atoms with Gasteiger partial charge in [-0.25, -0.2) is 4.39 Å². The number of benzene rings is 1. The van der Waals surface area contributed by atoms with Crippen LogP contribution in [0.15, 0.2) is 24.5 Å². The van der Waals surface area contributed by atoms with Gasteiger partial charge in [0.25, 0.3) is 5.91 Å². The lowest BCUT2D eigenvalue weighted by molar-refractivity contribution is 0.0706. The molecule has 6 heteroatoms. The van der Waals surface area contributed by atoms with E-state index >= 15 is 0 Å². The van der Waals surface area contributed by atoms with Gasteiger partial charge < -0.3 is 10.2 Å². The Balaban J connectivity index is 1.46. The third-order valence-electron chi connectivity index (χ3n) is 4.94. The molecule has 0 bridgehead atoms. The number of nitrogens with one attached hydrogen (secondary N) is 1. The SMILES string of the molecule is O=C(c1cc(F)cc2nccnc12)N1CCC(NCC2CC2)CC1. The van der Waals surface area contributed by atoms with Crippen LogP contribution in [0.25, 0.3) is 11.0 Å². The van der Waals surface area contributed by atoms with E-state index < -0.39 is 5.82 Å². The lowest BCUT2D eigenvalue weighted by Gasteiger charge is -2.32. The zero-order valence-corrected chi connectivity index (χ0v) is 13.5. The number of rotatable bonds is 4. The van der Waals surface area contributed by atoms with Crippen molar-refractivity contribution in [2.24, 2.45) is 5.92 Å². The van der Waals surface area contributed by atoms with Crippen molar-refractivity contribution in [3.05, 3.63) is 35.9 Å². The van der Waals surface area contributed by atoms with E-state index in [-0.39, 0.29) is 5.91 Å². The molecular weight excluding hydrogens is 307 g/mol. The number of nitrogens with zero attached hydrogens (tertiary/aromatic N) is 3. The molecule has 126 valence electrons. The molecule has 1 aromatic heterocycles. The predicted molar refractivity (Wildman–Crippen MR) is 89.1 cm³/mol. The van der Waals surface area contributed by atoms with Gasteiger partial charge in [0.1, 0.15) is 11.3 Å². The van der Waals surface area contributed by atoms with Gasteiger partial charge in [-0.3, -0.25) is 14.8 Å². The molecule has 0 radical (unpaired) electrons. The molecule has 2 aliphatic rings. The summed E-state index contributed by atoms with van der Waals surface area (Å²) in [6.07, 6.45) is 7.61. The third kappa shape index (κ3) is 3.24. The Morgan fingerprint density at radius 1 is 1.17 bits per heavy atom. The minimum absolute atomic E-state index is 0.152. The van der Waals surface area contributed by atoms with Gasteiger partial charge in [0, 0.05) is 37.6 Å². The molecule has 2 aromatic rings.